The molecule has 0 aliphatic carbocycles. The molecule has 9 heteroatoms. The zero-order valence-corrected chi connectivity index (χ0v) is 13.1. The van der Waals surface area contributed by atoms with Crippen molar-refractivity contribution < 1.29 is 27.4 Å². The van der Waals surface area contributed by atoms with Crippen molar-refractivity contribution in [3.05, 3.63) is 0 Å². The van der Waals surface area contributed by atoms with E-state index in [0.717, 1.165) is 0 Å². The summed E-state index contributed by atoms with van der Waals surface area (Å²) in [5, 5.41) is 4.25. The summed E-state index contributed by atoms with van der Waals surface area (Å²) >= 11 is 0. The first-order valence-corrected chi connectivity index (χ1v) is 8.58. The highest BCUT2D eigenvalue weighted by Gasteiger charge is 2.35. The van der Waals surface area contributed by atoms with Crippen molar-refractivity contribution in [1.29, 1.82) is 0 Å². The van der Waals surface area contributed by atoms with Crippen LogP contribution in [0.4, 0.5) is 0 Å². The Morgan fingerprint density at radius 1 is 1.14 bits per heavy atom. The van der Waals surface area contributed by atoms with Crippen LogP contribution in [-0.4, -0.2) is 77.2 Å². The molecule has 0 aromatic carbocycles. The predicted octanol–water partition coefficient (Wildman–Crippen LogP) is -1.05. The molecular weight excluding hydrogens is 300 g/mol. The zero-order chi connectivity index (χ0) is 15.7. The second-order valence-electron chi connectivity index (χ2n) is 4.68. The van der Waals surface area contributed by atoms with Crippen LogP contribution in [0, 0.1) is 0 Å². The molecule has 21 heavy (non-hydrogen) atoms. The Morgan fingerprint density at radius 2 is 1.71 bits per heavy atom. The number of amides is 1. The standard InChI is InChI=1S/C12H24N2O6S/c1-2-18-5-6-20-8-7-19-4-3-14-10-11(9-12(14)15)21(13,16)17/h11H,2-10H2,1H3,(H2,13,16,17). The molecule has 124 valence electrons. The van der Waals surface area contributed by atoms with Crippen LogP contribution >= 0.6 is 0 Å². The van der Waals surface area contributed by atoms with Gasteiger partial charge in [0, 0.05) is 26.1 Å². The fourth-order valence-electron chi connectivity index (χ4n) is 1.93. The van der Waals surface area contributed by atoms with Crippen molar-refractivity contribution in [1.82, 2.24) is 4.90 Å². The SMILES string of the molecule is CCOCCOCCOCCN1CC(S(N)(=O)=O)CC1=O. The third-order valence-electron chi connectivity index (χ3n) is 3.10. The molecule has 1 amide bonds. The van der Waals surface area contributed by atoms with Crippen molar-refractivity contribution >= 4 is 15.9 Å². The minimum atomic E-state index is -3.65. The van der Waals surface area contributed by atoms with E-state index in [4.69, 9.17) is 19.3 Å². The van der Waals surface area contributed by atoms with Gasteiger partial charge < -0.3 is 19.1 Å². The quantitative estimate of drug-likeness (QED) is 0.486. The molecule has 1 aliphatic rings. The molecule has 0 bridgehead atoms. The Bertz CT molecular complexity index is 414. The third kappa shape index (κ3) is 7.18. The van der Waals surface area contributed by atoms with Crippen LogP contribution in [0.25, 0.3) is 0 Å². The van der Waals surface area contributed by atoms with Gasteiger partial charge in [0.1, 0.15) is 5.25 Å². The number of ether oxygens (including phenoxy) is 3. The maximum Gasteiger partial charge on any atom is 0.224 e. The Kier molecular flexibility index (Phi) is 8.12. The molecule has 0 spiro atoms. The lowest BCUT2D eigenvalue weighted by molar-refractivity contribution is -0.128. The van der Waals surface area contributed by atoms with Crippen LogP contribution in [0.1, 0.15) is 13.3 Å². The highest BCUT2D eigenvalue weighted by atomic mass is 32.2. The maximum absolute atomic E-state index is 11.6. The van der Waals surface area contributed by atoms with Crippen molar-refractivity contribution in [2.75, 3.05) is 52.7 Å². The third-order valence-corrected chi connectivity index (χ3v) is 4.34. The second kappa shape index (κ2) is 9.31. The summed E-state index contributed by atoms with van der Waals surface area (Å²) in [6.07, 6.45) is -0.0423. The largest absolute Gasteiger partial charge is 0.379 e. The van der Waals surface area contributed by atoms with E-state index < -0.39 is 15.3 Å². The van der Waals surface area contributed by atoms with E-state index in [1.54, 1.807) is 0 Å². The minimum Gasteiger partial charge on any atom is -0.379 e. The predicted molar refractivity (Wildman–Crippen MR) is 76.2 cm³/mol. The van der Waals surface area contributed by atoms with E-state index in [-0.39, 0.29) is 18.9 Å². The first-order valence-electron chi connectivity index (χ1n) is 6.97. The smallest absolute Gasteiger partial charge is 0.224 e. The molecule has 1 atom stereocenters. The molecule has 1 saturated heterocycles. The molecule has 0 aromatic heterocycles. The van der Waals surface area contributed by atoms with Gasteiger partial charge in [-0.1, -0.05) is 0 Å². The summed E-state index contributed by atoms with van der Waals surface area (Å²) in [6.45, 7) is 5.42. The normalized spacial score (nSPS) is 19.4. The van der Waals surface area contributed by atoms with Gasteiger partial charge in [-0.2, -0.15) is 0 Å². The minimum absolute atomic E-state index is 0.0423. The first-order chi connectivity index (χ1) is 9.95. The lowest BCUT2D eigenvalue weighted by Gasteiger charge is -2.16. The molecule has 1 unspecified atom stereocenters. The number of carbonyl (C=O) groups is 1. The van der Waals surface area contributed by atoms with Gasteiger partial charge >= 0.3 is 0 Å². The van der Waals surface area contributed by atoms with E-state index in [0.29, 0.717) is 46.2 Å². The van der Waals surface area contributed by atoms with Crippen LogP contribution in [0.2, 0.25) is 0 Å². The summed E-state index contributed by atoms with van der Waals surface area (Å²) in [4.78, 5) is 13.1. The maximum atomic E-state index is 11.6. The summed E-state index contributed by atoms with van der Waals surface area (Å²) < 4.78 is 38.1. The van der Waals surface area contributed by atoms with Crippen molar-refractivity contribution in [3.8, 4) is 0 Å². The molecule has 1 heterocycles. The van der Waals surface area contributed by atoms with Gasteiger partial charge in [0.15, 0.2) is 0 Å². The molecule has 0 radical (unpaired) electrons. The lowest BCUT2D eigenvalue weighted by atomic mass is 10.4. The molecule has 1 rings (SSSR count). The molecule has 2 N–H and O–H groups in total. The summed E-state index contributed by atoms with van der Waals surface area (Å²) in [5.41, 5.74) is 0. The lowest BCUT2D eigenvalue weighted by Crippen LogP contribution is -2.33. The summed E-state index contributed by atoms with van der Waals surface area (Å²) in [7, 11) is -3.65. The van der Waals surface area contributed by atoms with Gasteiger partial charge in [0.25, 0.3) is 0 Å². The van der Waals surface area contributed by atoms with Crippen LogP contribution in [0.3, 0.4) is 0 Å². The van der Waals surface area contributed by atoms with E-state index >= 15 is 0 Å². The van der Waals surface area contributed by atoms with Gasteiger partial charge in [0.2, 0.25) is 15.9 Å². The van der Waals surface area contributed by atoms with Crippen LogP contribution in [0.15, 0.2) is 0 Å². The van der Waals surface area contributed by atoms with Crippen LogP contribution in [-0.2, 0) is 29.0 Å². The highest BCUT2D eigenvalue weighted by molar-refractivity contribution is 7.89. The molecule has 0 aromatic rings. The number of nitrogens with zero attached hydrogens (tertiary/aromatic N) is 1. The Morgan fingerprint density at radius 3 is 2.24 bits per heavy atom. The fourth-order valence-corrected chi connectivity index (χ4v) is 2.69. The van der Waals surface area contributed by atoms with E-state index in [9.17, 15) is 13.2 Å². The van der Waals surface area contributed by atoms with Crippen LogP contribution in [0.5, 0.6) is 0 Å². The van der Waals surface area contributed by atoms with Gasteiger partial charge in [-0.25, -0.2) is 13.6 Å². The van der Waals surface area contributed by atoms with E-state index in [1.807, 2.05) is 6.92 Å². The van der Waals surface area contributed by atoms with E-state index in [1.165, 1.54) is 4.90 Å². The van der Waals surface area contributed by atoms with Gasteiger partial charge in [-0.05, 0) is 6.92 Å². The number of nitrogens with two attached hydrogens (primary N) is 1. The van der Waals surface area contributed by atoms with Gasteiger partial charge in [0.05, 0.1) is 33.0 Å². The number of primary sulfonamides is 1. The molecule has 8 nitrogen and oxygen atoms in total. The van der Waals surface area contributed by atoms with Crippen molar-refractivity contribution in [2.24, 2.45) is 5.14 Å². The topological polar surface area (TPSA) is 108 Å². The average molecular weight is 324 g/mol. The number of carbonyl (C=O) groups excluding carboxylic acids is 1. The molecular formula is C12H24N2O6S. The average Bonchev–Trinajstić information content (AvgIpc) is 2.78. The Labute approximate surface area is 125 Å². The molecule has 1 fully saturated rings. The van der Waals surface area contributed by atoms with Crippen LogP contribution < -0.4 is 5.14 Å². The Hall–Kier alpha value is -0.740. The van der Waals surface area contributed by atoms with Crippen molar-refractivity contribution in [2.45, 2.75) is 18.6 Å². The second-order valence-corrected chi connectivity index (χ2v) is 6.52. The Balaban J connectivity index is 2.04. The summed E-state index contributed by atoms with van der Waals surface area (Å²) in [6, 6.07) is 0. The number of sulfonamides is 1. The van der Waals surface area contributed by atoms with Crippen molar-refractivity contribution in [3.63, 3.8) is 0 Å². The van der Waals surface area contributed by atoms with E-state index in [2.05, 4.69) is 0 Å². The fraction of sp³-hybridized carbons (Fsp3) is 0.917. The highest BCUT2D eigenvalue weighted by Crippen LogP contribution is 2.15. The monoisotopic (exact) mass is 324 g/mol. The first kappa shape index (κ1) is 18.3. The van der Waals surface area contributed by atoms with Gasteiger partial charge in [-0.15, -0.1) is 0 Å². The molecule has 0 saturated carbocycles. The van der Waals surface area contributed by atoms with Gasteiger partial charge in [-0.3, -0.25) is 4.79 Å². The number of likely N-dealkylation sites (tertiary alicyclic amines) is 1. The number of hydrogen-bond donors (Lipinski definition) is 1. The number of rotatable bonds is 11. The zero-order valence-electron chi connectivity index (χ0n) is 12.3. The molecule has 1 aliphatic heterocycles. The summed E-state index contributed by atoms with van der Waals surface area (Å²) in [5.74, 6) is -0.203. The number of hydrogen-bond acceptors (Lipinski definition) is 6.